The SMILES string of the molecule is CC1CCCC(CO)(NC2CCN(C)C2=O)C1. The number of nitrogens with one attached hydrogen (secondary N) is 1. The van der Waals surface area contributed by atoms with Gasteiger partial charge >= 0.3 is 0 Å². The number of carbonyl (C=O) groups is 1. The van der Waals surface area contributed by atoms with Gasteiger partial charge in [0.05, 0.1) is 12.6 Å². The molecule has 0 spiro atoms. The number of aliphatic hydroxyl groups is 1. The van der Waals surface area contributed by atoms with Crippen LogP contribution >= 0.6 is 0 Å². The van der Waals surface area contributed by atoms with Gasteiger partial charge in [-0.2, -0.15) is 0 Å². The summed E-state index contributed by atoms with van der Waals surface area (Å²) in [5.41, 5.74) is -0.219. The van der Waals surface area contributed by atoms with Crippen molar-refractivity contribution >= 4 is 5.91 Å². The van der Waals surface area contributed by atoms with Crippen molar-refractivity contribution in [3.8, 4) is 0 Å². The molecular weight excluding hydrogens is 216 g/mol. The van der Waals surface area contributed by atoms with E-state index < -0.39 is 0 Å². The summed E-state index contributed by atoms with van der Waals surface area (Å²) < 4.78 is 0. The highest BCUT2D eigenvalue weighted by Crippen LogP contribution is 2.33. The van der Waals surface area contributed by atoms with Gasteiger partial charge < -0.3 is 10.0 Å². The maximum absolute atomic E-state index is 11.9. The summed E-state index contributed by atoms with van der Waals surface area (Å²) in [6, 6.07) is -0.0857. The molecule has 1 amide bonds. The van der Waals surface area contributed by atoms with Crippen molar-refractivity contribution in [1.82, 2.24) is 10.2 Å². The highest BCUT2D eigenvalue weighted by molar-refractivity contribution is 5.83. The van der Waals surface area contributed by atoms with Gasteiger partial charge in [-0.05, 0) is 25.2 Å². The molecule has 1 saturated carbocycles. The maximum atomic E-state index is 11.9. The fourth-order valence-electron chi connectivity index (χ4n) is 3.31. The Morgan fingerprint density at radius 1 is 1.53 bits per heavy atom. The van der Waals surface area contributed by atoms with E-state index in [9.17, 15) is 9.90 Å². The number of nitrogens with zero attached hydrogens (tertiary/aromatic N) is 1. The van der Waals surface area contributed by atoms with Crippen LogP contribution < -0.4 is 5.32 Å². The van der Waals surface area contributed by atoms with E-state index in [1.165, 1.54) is 6.42 Å². The third-order valence-corrected chi connectivity index (χ3v) is 4.30. The summed E-state index contributed by atoms with van der Waals surface area (Å²) in [7, 11) is 1.85. The third-order valence-electron chi connectivity index (χ3n) is 4.30. The summed E-state index contributed by atoms with van der Waals surface area (Å²) in [5, 5.41) is 13.1. The number of likely N-dealkylation sites (tertiary alicyclic amines) is 1. The van der Waals surface area contributed by atoms with Crippen molar-refractivity contribution in [1.29, 1.82) is 0 Å². The second-order valence-corrected chi connectivity index (χ2v) is 5.89. The molecule has 4 nitrogen and oxygen atoms in total. The molecule has 17 heavy (non-hydrogen) atoms. The zero-order chi connectivity index (χ0) is 12.5. The van der Waals surface area contributed by atoms with Crippen molar-refractivity contribution in [3.63, 3.8) is 0 Å². The summed E-state index contributed by atoms with van der Waals surface area (Å²) in [5.74, 6) is 0.814. The zero-order valence-electron chi connectivity index (χ0n) is 10.9. The van der Waals surface area contributed by atoms with Gasteiger partial charge in [0.2, 0.25) is 5.91 Å². The van der Waals surface area contributed by atoms with Crippen LogP contribution in [0.1, 0.15) is 39.0 Å². The molecule has 3 atom stereocenters. The molecule has 0 aromatic rings. The predicted molar refractivity (Wildman–Crippen MR) is 66.6 cm³/mol. The van der Waals surface area contributed by atoms with E-state index >= 15 is 0 Å². The first kappa shape index (κ1) is 12.8. The number of likely N-dealkylation sites (N-methyl/N-ethyl adjacent to an activating group) is 1. The number of amides is 1. The zero-order valence-corrected chi connectivity index (χ0v) is 10.9. The van der Waals surface area contributed by atoms with E-state index in [-0.39, 0.29) is 24.1 Å². The van der Waals surface area contributed by atoms with Gasteiger partial charge in [-0.25, -0.2) is 0 Å². The van der Waals surface area contributed by atoms with Crippen molar-refractivity contribution in [2.75, 3.05) is 20.2 Å². The van der Waals surface area contributed by atoms with E-state index in [0.29, 0.717) is 5.92 Å². The molecule has 1 saturated heterocycles. The Hall–Kier alpha value is -0.610. The average Bonchev–Trinajstić information content (AvgIpc) is 2.61. The standard InChI is InChI=1S/C13H24N2O2/c1-10-4-3-6-13(8-10,9-16)14-11-5-7-15(2)12(11)17/h10-11,14,16H,3-9H2,1-2H3. The minimum absolute atomic E-state index is 0.0857. The molecule has 1 aliphatic heterocycles. The predicted octanol–water partition coefficient (Wildman–Crippen LogP) is 0.748. The molecule has 98 valence electrons. The van der Waals surface area contributed by atoms with E-state index in [0.717, 1.165) is 32.2 Å². The second kappa shape index (κ2) is 4.94. The summed E-state index contributed by atoms with van der Waals surface area (Å²) in [6.45, 7) is 3.20. The van der Waals surface area contributed by atoms with E-state index in [4.69, 9.17) is 0 Å². The van der Waals surface area contributed by atoms with Crippen molar-refractivity contribution in [3.05, 3.63) is 0 Å². The fourth-order valence-corrected chi connectivity index (χ4v) is 3.31. The van der Waals surface area contributed by atoms with E-state index in [1.807, 2.05) is 7.05 Å². The second-order valence-electron chi connectivity index (χ2n) is 5.89. The van der Waals surface area contributed by atoms with Crippen LogP contribution in [0.5, 0.6) is 0 Å². The molecule has 4 heteroatoms. The monoisotopic (exact) mass is 240 g/mol. The van der Waals surface area contributed by atoms with Gasteiger partial charge in [0.25, 0.3) is 0 Å². The first-order chi connectivity index (χ1) is 8.06. The van der Waals surface area contributed by atoms with Crippen LogP contribution in [-0.4, -0.2) is 47.7 Å². The van der Waals surface area contributed by atoms with Crippen LogP contribution in [0.2, 0.25) is 0 Å². The normalized spacial score (nSPS) is 38.8. The quantitative estimate of drug-likeness (QED) is 0.765. The van der Waals surface area contributed by atoms with Crippen LogP contribution in [0.4, 0.5) is 0 Å². The van der Waals surface area contributed by atoms with Crippen LogP contribution in [0.25, 0.3) is 0 Å². The molecule has 3 unspecified atom stereocenters. The first-order valence-electron chi connectivity index (χ1n) is 6.70. The molecular formula is C13H24N2O2. The Balaban J connectivity index is 2.01. The lowest BCUT2D eigenvalue weighted by Crippen LogP contribution is -2.57. The number of hydrogen-bond acceptors (Lipinski definition) is 3. The summed E-state index contributed by atoms with van der Waals surface area (Å²) >= 11 is 0. The lowest BCUT2D eigenvalue weighted by Gasteiger charge is -2.41. The molecule has 0 aromatic carbocycles. The van der Waals surface area contributed by atoms with Gasteiger partial charge in [-0.1, -0.05) is 19.8 Å². The number of hydrogen-bond donors (Lipinski definition) is 2. The fraction of sp³-hybridized carbons (Fsp3) is 0.923. The number of rotatable bonds is 3. The Morgan fingerprint density at radius 3 is 2.82 bits per heavy atom. The summed E-state index contributed by atoms with van der Waals surface area (Å²) in [4.78, 5) is 13.7. The van der Waals surface area contributed by atoms with E-state index in [1.54, 1.807) is 4.90 Å². The highest BCUT2D eigenvalue weighted by atomic mass is 16.3. The first-order valence-corrected chi connectivity index (χ1v) is 6.70. The lowest BCUT2D eigenvalue weighted by atomic mass is 9.76. The third kappa shape index (κ3) is 2.63. The largest absolute Gasteiger partial charge is 0.394 e. The van der Waals surface area contributed by atoms with Crippen molar-refractivity contribution in [2.24, 2.45) is 5.92 Å². The van der Waals surface area contributed by atoms with Gasteiger partial charge in [-0.3, -0.25) is 10.1 Å². The number of carbonyl (C=O) groups excluding carboxylic acids is 1. The van der Waals surface area contributed by atoms with Crippen LogP contribution in [0.15, 0.2) is 0 Å². The summed E-state index contributed by atoms with van der Waals surface area (Å²) in [6.07, 6.45) is 5.22. The smallest absolute Gasteiger partial charge is 0.239 e. The van der Waals surface area contributed by atoms with Gasteiger partial charge in [0, 0.05) is 19.1 Å². The van der Waals surface area contributed by atoms with Crippen molar-refractivity contribution < 1.29 is 9.90 Å². The molecule has 0 aromatic heterocycles. The topological polar surface area (TPSA) is 52.6 Å². The van der Waals surface area contributed by atoms with E-state index in [2.05, 4.69) is 12.2 Å². The van der Waals surface area contributed by atoms with Gasteiger partial charge in [-0.15, -0.1) is 0 Å². The van der Waals surface area contributed by atoms with Gasteiger partial charge in [0.15, 0.2) is 0 Å². The van der Waals surface area contributed by atoms with Crippen LogP contribution in [-0.2, 0) is 4.79 Å². The minimum Gasteiger partial charge on any atom is -0.394 e. The average molecular weight is 240 g/mol. The molecule has 2 rings (SSSR count). The van der Waals surface area contributed by atoms with Gasteiger partial charge in [0.1, 0.15) is 0 Å². The molecule has 2 N–H and O–H groups in total. The Bertz CT molecular complexity index is 295. The van der Waals surface area contributed by atoms with Crippen LogP contribution in [0, 0.1) is 5.92 Å². The lowest BCUT2D eigenvalue weighted by molar-refractivity contribution is -0.129. The minimum atomic E-state index is -0.219. The Labute approximate surface area is 103 Å². The number of aliphatic hydroxyl groups excluding tert-OH is 1. The highest BCUT2D eigenvalue weighted by Gasteiger charge is 2.40. The molecule has 0 radical (unpaired) electrons. The molecule has 1 heterocycles. The Morgan fingerprint density at radius 2 is 2.29 bits per heavy atom. The molecule has 2 aliphatic rings. The maximum Gasteiger partial charge on any atom is 0.239 e. The molecule has 0 bridgehead atoms. The Kier molecular flexibility index (Phi) is 3.73. The molecule has 2 fully saturated rings. The molecule has 1 aliphatic carbocycles. The van der Waals surface area contributed by atoms with Crippen LogP contribution in [0.3, 0.4) is 0 Å². The van der Waals surface area contributed by atoms with Crippen molar-refractivity contribution in [2.45, 2.75) is 50.6 Å².